The molecular weight excluding hydrogens is 255 g/mol. The Labute approximate surface area is 118 Å². The average Bonchev–Trinajstić information content (AvgIpc) is 2.48. The van der Waals surface area contributed by atoms with Crippen LogP contribution in [0.2, 0.25) is 0 Å². The van der Waals surface area contributed by atoms with Crippen LogP contribution in [0.15, 0.2) is 55.1 Å². The third-order valence-electron chi connectivity index (χ3n) is 2.63. The fraction of sp³-hybridized carbons (Fsp3) is 0.118. The van der Waals surface area contributed by atoms with Crippen LogP contribution >= 0.6 is 0 Å². The van der Waals surface area contributed by atoms with Gasteiger partial charge >= 0.3 is 0 Å². The van der Waals surface area contributed by atoms with E-state index in [1.165, 1.54) is 24.8 Å². The number of carbonyl (C=O) groups excluding carboxylic acids is 1. The Bertz CT molecular complexity index is 568. The molecule has 2 nitrogen and oxygen atoms in total. The van der Waals surface area contributed by atoms with Gasteiger partial charge in [-0.05, 0) is 36.3 Å². The highest BCUT2D eigenvalue weighted by atomic mass is 19.1. The lowest BCUT2D eigenvalue weighted by Crippen LogP contribution is -1.88. The molecule has 0 N–H and O–H groups in total. The zero-order valence-electron chi connectivity index (χ0n) is 11.6. The molecule has 0 aliphatic carbocycles. The Hall–Kier alpha value is -2.42. The van der Waals surface area contributed by atoms with E-state index in [9.17, 15) is 4.39 Å². The molecule has 0 radical (unpaired) electrons. The zero-order chi connectivity index (χ0) is 15.0. The third-order valence-corrected chi connectivity index (χ3v) is 2.63. The van der Waals surface area contributed by atoms with Crippen LogP contribution in [0.4, 0.5) is 4.39 Å². The number of aryl methyl sites for hydroxylation is 1. The van der Waals surface area contributed by atoms with Crippen LogP contribution < -0.4 is 4.74 Å². The second-order valence-corrected chi connectivity index (χ2v) is 4.09. The average molecular weight is 272 g/mol. The van der Waals surface area contributed by atoms with E-state index in [2.05, 4.69) is 6.58 Å². The molecule has 2 aromatic rings. The maximum Gasteiger partial charge on any atom is 0.165 e. The lowest BCUT2D eigenvalue weighted by atomic mass is 10.0. The summed E-state index contributed by atoms with van der Waals surface area (Å²) in [5.41, 5.74) is 3.06. The first-order valence-electron chi connectivity index (χ1n) is 6.09. The highest BCUT2D eigenvalue weighted by Crippen LogP contribution is 2.25. The maximum atomic E-state index is 13.5. The lowest BCUT2D eigenvalue weighted by molar-refractivity contribution is -0.104. The van der Waals surface area contributed by atoms with E-state index in [1.54, 1.807) is 6.07 Å². The number of rotatable bonds is 3. The summed E-state index contributed by atoms with van der Waals surface area (Å²) in [4.78, 5) is 9.06. The van der Waals surface area contributed by atoms with Gasteiger partial charge in [-0.15, -0.1) is 0 Å². The Morgan fingerprint density at radius 3 is 2.10 bits per heavy atom. The monoisotopic (exact) mass is 272 g/mol. The van der Waals surface area contributed by atoms with Crippen molar-refractivity contribution in [2.45, 2.75) is 6.92 Å². The Balaban J connectivity index is 0.000000444. The van der Waals surface area contributed by atoms with Crippen LogP contribution in [0.25, 0.3) is 11.1 Å². The molecule has 0 unspecified atom stereocenters. The number of methoxy groups -OCH3 is 1. The quantitative estimate of drug-likeness (QED) is 0.619. The van der Waals surface area contributed by atoms with E-state index in [-0.39, 0.29) is 11.6 Å². The summed E-state index contributed by atoms with van der Waals surface area (Å²) in [6, 6.07) is 13.0. The zero-order valence-corrected chi connectivity index (χ0v) is 11.6. The fourth-order valence-corrected chi connectivity index (χ4v) is 1.59. The predicted octanol–water partition coefficient (Wildman–Crippen LogP) is 4.18. The third kappa shape index (κ3) is 4.35. The van der Waals surface area contributed by atoms with Gasteiger partial charge in [-0.1, -0.05) is 42.5 Å². The van der Waals surface area contributed by atoms with Crippen molar-refractivity contribution < 1.29 is 13.9 Å². The highest BCUT2D eigenvalue weighted by Gasteiger charge is 2.04. The summed E-state index contributed by atoms with van der Waals surface area (Å²) >= 11 is 0. The normalized spacial score (nSPS) is 9.15. The molecule has 0 spiro atoms. The Morgan fingerprint density at radius 2 is 1.65 bits per heavy atom. The van der Waals surface area contributed by atoms with Gasteiger partial charge in [0.15, 0.2) is 11.6 Å². The van der Waals surface area contributed by atoms with Crippen LogP contribution in [-0.2, 0) is 4.79 Å². The first kappa shape index (κ1) is 15.6. The van der Waals surface area contributed by atoms with Crippen molar-refractivity contribution in [1.82, 2.24) is 0 Å². The SMILES string of the molecule is C=CC=O.COc1ccc(-c2ccc(C)cc2)cc1F. The second-order valence-electron chi connectivity index (χ2n) is 4.09. The minimum Gasteiger partial charge on any atom is -0.494 e. The predicted molar refractivity (Wildman–Crippen MR) is 79.4 cm³/mol. The molecule has 2 aromatic carbocycles. The van der Waals surface area contributed by atoms with E-state index in [4.69, 9.17) is 9.53 Å². The van der Waals surface area contributed by atoms with Gasteiger partial charge in [-0.25, -0.2) is 4.39 Å². The first-order chi connectivity index (χ1) is 9.62. The van der Waals surface area contributed by atoms with Gasteiger partial charge in [0.05, 0.1) is 7.11 Å². The minimum absolute atomic E-state index is 0.274. The number of carbonyl (C=O) groups is 1. The van der Waals surface area contributed by atoms with Crippen molar-refractivity contribution >= 4 is 6.29 Å². The topological polar surface area (TPSA) is 26.3 Å². The summed E-state index contributed by atoms with van der Waals surface area (Å²) in [5, 5.41) is 0. The van der Waals surface area contributed by atoms with E-state index >= 15 is 0 Å². The number of ether oxygens (including phenoxy) is 1. The number of hydrogen-bond acceptors (Lipinski definition) is 2. The van der Waals surface area contributed by atoms with Gasteiger partial charge in [-0.2, -0.15) is 0 Å². The molecule has 0 bridgehead atoms. The Morgan fingerprint density at radius 1 is 1.10 bits per heavy atom. The minimum atomic E-state index is -0.333. The van der Waals surface area contributed by atoms with Crippen LogP contribution in [0, 0.1) is 12.7 Å². The molecule has 0 aliphatic rings. The molecule has 0 saturated carbocycles. The molecule has 20 heavy (non-hydrogen) atoms. The van der Waals surface area contributed by atoms with Gasteiger partial charge in [0, 0.05) is 0 Å². The Kier molecular flexibility index (Phi) is 6.17. The van der Waals surface area contributed by atoms with E-state index in [0.29, 0.717) is 6.29 Å². The van der Waals surface area contributed by atoms with Gasteiger partial charge < -0.3 is 4.74 Å². The van der Waals surface area contributed by atoms with Crippen LogP contribution in [0.3, 0.4) is 0 Å². The van der Waals surface area contributed by atoms with Crippen molar-refractivity contribution in [2.24, 2.45) is 0 Å². The summed E-state index contributed by atoms with van der Waals surface area (Å²) in [7, 11) is 1.46. The highest BCUT2D eigenvalue weighted by molar-refractivity contribution is 5.64. The van der Waals surface area contributed by atoms with Gasteiger partial charge in [-0.3, -0.25) is 4.79 Å². The van der Waals surface area contributed by atoms with Crippen molar-refractivity contribution in [3.63, 3.8) is 0 Å². The summed E-state index contributed by atoms with van der Waals surface area (Å²) in [6.45, 7) is 5.14. The number of aldehydes is 1. The molecule has 0 aliphatic heterocycles. The molecule has 0 fully saturated rings. The van der Waals surface area contributed by atoms with E-state index < -0.39 is 0 Å². The molecule has 3 heteroatoms. The second kappa shape index (κ2) is 7.89. The molecule has 0 amide bonds. The lowest BCUT2D eigenvalue weighted by Gasteiger charge is -2.05. The van der Waals surface area contributed by atoms with E-state index in [0.717, 1.165) is 11.1 Å². The summed E-state index contributed by atoms with van der Waals surface area (Å²) in [5.74, 6) is -0.0589. The molecular formula is C17H17FO2. The van der Waals surface area contributed by atoms with Crippen molar-refractivity contribution in [1.29, 1.82) is 0 Å². The van der Waals surface area contributed by atoms with E-state index in [1.807, 2.05) is 37.3 Å². The van der Waals surface area contributed by atoms with Crippen LogP contribution in [0.5, 0.6) is 5.75 Å². The largest absolute Gasteiger partial charge is 0.494 e. The molecule has 0 heterocycles. The van der Waals surface area contributed by atoms with Crippen molar-refractivity contribution in [3.05, 3.63) is 66.5 Å². The van der Waals surface area contributed by atoms with Crippen LogP contribution in [0.1, 0.15) is 5.56 Å². The summed E-state index contributed by atoms with van der Waals surface area (Å²) < 4.78 is 18.4. The standard InChI is InChI=1S/C14H13FO.C3H4O/c1-10-3-5-11(6-4-10)12-7-8-14(16-2)13(15)9-12;1-2-3-4/h3-9H,1-2H3;2-3H,1H2. The molecule has 0 atom stereocenters. The number of hydrogen-bond donors (Lipinski definition) is 0. The molecule has 0 aromatic heterocycles. The van der Waals surface area contributed by atoms with Crippen LogP contribution in [-0.4, -0.2) is 13.4 Å². The van der Waals surface area contributed by atoms with Gasteiger partial charge in [0.25, 0.3) is 0 Å². The van der Waals surface area contributed by atoms with Crippen molar-refractivity contribution in [2.75, 3.05) is 7.11 Å². The number of allylic oxidation sites excluding steroid dienone is 1. The summed E-state index contributed by atoms with van der Waals surface area (Å²) in [6.07, 6.45) is 1.83. The van der Waals surface area contributed by atoms with Crippen molar-refractivity contribution in [3.8, 4) is 16.9 Å². The molecule has 104 valence electrons. The van der Waals surface area contributed by atoms with Gasteiger partial charge in [0.1, 0.15) is 6.29 Å². The first-order valence-corrected chi connectivity index (χ1v) is 6.09. The molecule has 2 rings (SSSR count). The maximum absolute atomic E-state index is 13.5. The van der Waals surface area contributed by atoms with Gasteiger partial charge in [0.2, 0.25) is 0 Å². The smallest absolute Gasteiger partial charge is 0.165 e. The molecule has 0 saturated heterocycles. The fourth-order valence-electron chi connectivity index (χ4n) is 1.59. The number of benzene rings is 2. The number of halogens is 1.